The van der Waals surface area contributed by atoms with Crippen molar-refractivity contribution in [3.05, 3.63) is 102 Å². The van der Waals surface area contributed by atoms with Gasteiger partial charge >= 0.3 is 11.9 Å². The van der Waals surface area contributed by atoms with Crippen LogP contribution in [-0.2, 0) is 9.59 Å². The predicted molar refractivity (Wildman–Crippen MR) is 129 cm³/mol. The Kier molecular flexibility index (Phi) is 5.25. The Labute approximate surface area is 206 Å². The number of carbonyl (C=O) groups is 4. The first-order valence-corrected chi connectivity index (χ1v) is 11.8. The quantitative estimate of drug-likeness (QED) is 0.233. The number of carbonyl (C=O) groups excluding carboxylic acids is 4. The van der Waals surface area contributed by atoms with Crippen molar-refractivity contribution in [3.63, 3.8) is 0 Å². The number of ether oxygens (including phenoxy) is 2. The van der Waals surface area contributed by atoms with Gasteiger partial charge in [-0.25, -0.2) is 9.59 Å². The van der Waals surface area contributed by atoms with Gasteiger partial charge in [0.05, 0.1) is 23.1 Å². The molecule has 1 aliphatic heterocycles. The fourth-order valence-corrected chi connectivity index (χ4v) is 5.44. The van der Waals surface area contributed by atoms with E-state index in [0.717, 1.165) is 6.42 Å². The van der Waals surface area contributed by atoms with E-state index >= 15 is 0 Å². The molecule has 0 spiro atoms. The van der Waals surface area contributed by atoms with Crippen LogP contribution in [0.4, 0.5) is 5.69 Å². The van der Waals surface area contributed by atoms with E-state index in [1.807, 2.05) is 12.2 Å². The highest BCUT2D eigenvalue weighted by molar-refractivity contribution is 6.22. The first-order chi connectivity index (χ1) is 17.5. The van der Waals surface area contributed by atoms with Gasteiger partial charge in [0.15, 0.2) is 0 Å². The molecule has 0 aromatic heterocycles. The molecule has 7 heteroatoms. The molecule has 2 bridgehead atoms. The minimum Gasteiger partial charge on any atom is -0.423 e. The third-order valence-electron chi connectivity index (χ3n) is 7.09. The van der Waals surface area contributed by atoms with Crippen LogP contribution in [0.15, 0.2) is 91.0 Å². The summed E-state index contributed by atoms with van der Waals surface area (Å²) in [5.74, 6) is -1.57. The van der Waals surface area contributed by atoms with E-state index in [-0.39, 0.29) is 52.4 Å². The highest BCUT2D eigenvalue weighted by Gasteiger charge is 2.59. The first-order valence-electron chi connectivity index (χ1n) is 11.8. The second-order valence-corrected chi connectivity index (χ2v) is 9.15. The van der Waals surface area contributed by atoms with Crippen molar-refractivity contribution in [2.45, 2.75) is 6.42 Å². The van der Waals surface area contributed by atoms with Gasteiger partial charge in [-0.05, 0) is 66.8 Å². The molecule has 6 rings (SSSR count). The summed E-state index contributed by atoms with van der Waals surface area (Å²) in [6, 6.07) is 21.1. The van der Waals surface area contributed by atoms with E-state index < -0.39 is 11.9 Å². The topological polar surface area (TPSA) is 90.0 Å². The molecule has 2 amide bonds. The minimum atomic E-state index is -0.681. The third-order valence-corrected chi connectivity index (χ3v) is 7.09. The molecular formula is C29H21NO6. The van der Waals surface area contributed by atoms with Crippen LogP contribution in [0, 0.1) is 23.7 Å². The van der Waals surface area contributed by atoms with Crippen molar-refractivity contribution >= 4 is 29.4 Å². The number of rotatable bonds is 5. The maximum Gasteiger partial charge on any atom is 0.347 e. The molecule has 7 nitrogen and oxygen atoms in total. The van der Waals surface area contributed by atoms with E-state index in [2.05, 4.69) is 0 Å². The standard InChI is InChI=1S/C29H21NO6/c31-26-24-18-10-11-19(16-18)25(24)27(32)30(26)20-14-12-17(13-15-20)28(33)36-23-9-5-4-8-22(23)29(34)35-21-6-2-1-3-7-21/h1-15,18-19,24-25H,16H2/t18-,19-,24-,25+/m0/s1. The maximum absolute atomic E-state index is 13.0. The Balaban J connectivity index is 1.17. The lowest BCUT2D eigenvalue weighted by Gasteiger charge is -2.17. The van der Waals surface area contributed by atoms with E-state index in [1.165, 1.54) is 29.2 Å². The van der Waals surface area contributed by atoms with Gasteiger partial charge in [0, 0.05) is 0 Å². The molecule has 2 fully saturated rings. The summed E-state index contributed by atoms with van der Waals surface area (Å²) in [5.41, 5.74) is 0.752. The Morgan fingerprint density at radius 1 is 0.694 bits per heavy atom. The fraction of sp³-hybridized carbons (Fsp3) is 0.172. The molecule has 3 aromatic carbocycles. The summed E-state index contributed by atoms with van der Waals surface area (Å²) in [6.45, 7) is 0. The number of esters is 2. The molecule has 3 aromatic rings. The van der Waals surface area contributed by atoms with Crippen LogP contribution in [0.3, 0.4) is 0 Å². The van der Waals surface area contributed by atoms with Gasteiger partial charge in [-0.3, -0.25) is 14.5 Å². The predicted octanol–water partition coefficient (Wildman–Crippen LogP) is 4.44. The molecule has 36 heavy (non-hydrogen) atoms. The number of hydrogen-bond donors (Lipinski definition) is 0. The number of benzene rings is 3. The second kappa shape index (κ2) is 8.61. The number of anilines is 1. The number of hydrogen-bond acceptors (Lipinski definition) is 6. The number of para-hydroxylation sites is 2. The van der Waals surface area contributed by atoms with E-state index in [1.54, 1.807) is 54.6 Å². The van der Waals surface area contributed by atoms with Gasteiger partial charge in [-0.15, -0.1) is 0 Å². The minimum absolute atomic E-state index is 0.0632. The fourth-order valence-electron chi connectivity index (χ4n) is 5.44. The summed E-state index contributed by atoms with van der Waals surface area (Å²) in [4.78, 5) is 52.8. The summed E-state index contributed by atoms with van der Waals surface area (Å²) < 4.78 is 10.9. The van der Waals surface area contributed by atoms with Crippen molar-refractivity contribution in [1.82, 2.24) is 0 Å². The van der Waals surface area contributed by atoms with Gasteiger partial charge in [0.25, 0.3) is 0 Å². The van der Waals surface area contributed by atoms with Gasteiger partial charge < -0.3 is 9.47 Å². The van der Waals surface area contributed by atoms with Gasteiger partial charge in [0.1, 0.15) is 17.1 Å². The highest BCUT2D eigenvalue weighted by Crippen LogP contribution is 2.53. The molecule has 0 radical (unpaired) electrons. The molecule has 1 saturated heterocycles. The SMILES string of the molecule is O=C(Oc1ccccc1C(=O)Oc1ccccc1)c1ccc(N2C(=O)[C@@H]3[C@H](C2=O)[C@H]2C=C[C@H]3C2)cc1. The van der Waals surface area contributed by atoms with Crippen molar-refractivity contribution in [2.24, 2.45) is 23.7 Å². The largest absolute Gasteiger partial charge is 0.423 e. The molecule has 0 unspecified atom stereocenters. The van der Waals surface area contributed by atoms with Gasteiger partial charge in [-0.1, -0.05) is 42.5 Å². The Morgan fingerprint density at radius 3 is 1.97 bits per heavy atom. The van der Waals surface area contributed by atoms with Crippen molar-refractivity contribution in [1.29, 1.82) is 0 Å². The van der Waals surface area contributed by atoms with Crippen LogP contribution >= 0.6 is 0 Å². The molecule has 178 valence electrons. The molecule has 1 saturated carbocycles. The molecule has 1 heterocycles. The average molecular weight is 479 g/mol. The number of allylic oxidation sites excluding steroid dienone is 2. The summed E-state index contributed by atoms with van der Waals surface area (Å²) in [7, 11) is 0. The maximum atomic E-state index is 13.0. The normalized spacial score (nSPS) is 23.6. The lowest BCUT2D eigenvalue weighted by Crippen LogP contribution is -2.32. The van der Waals surface area contributed by atoms with E-state index in [0.29, 0.717) is 11.4 Å². The Hall–Kier alpha value is -4.52. The van der Waals surface area contributed by atoms with Crippen molar-refractivity contribution in [2.75, 3.05) is 4.90 Å². The molecule has 3 aliphatic rings. The monoisotopic (exact) mass is 479 g/mol. The Bertz CT molecular complexity index is 1380. The lowest BCUT2D eigenvalue weighted by atomic mass is 9.85. The van der Waals surface area contributed by atoms with Crippen LogP contribution < -0.4 is 14.4 Å². The van der Waals surface area contributed by atoms with Crippen LogP contribution in [0.1, 0.15) is 27.1 Å². The number of fused-ring (bicyclic) bond motifs is 5. The zero-order valence-electron chi connectivity index (χ0n) is 19.1. The average Bonchev–Trinajstić information content (AvgIpc) is 3.58. The van der Waals surface area contributed by atoms with Gasteiger partial charge in [0.2, 0.25) is 11.8 Å². The van der Waals surface area contributed by atoms with E-state index in [4.69, 9.17) is 9.47 Å². The summed E-state index contributed by atoms with van der Waals surface area (Å²) >= 11 is 0. The lowest BCUT2D eigenvalue weighted by molar-refractivity contribution is -0.123. The van der Waals surface area contributed by atoms with E-state index in [9.17, 15) is 19.2 Å². The van der Waals surface area contributed by atoms with Crippen molar-refractivity contribution < 1.29 is 28.7 Å². The zero-order valence-corrected chi connectivity index (χ0v) is 19.1. The van der Waals surface area contributed by atoms with Crippen molar-refractivity contribution in [3.8, 4) is 11.5 Å². The van der Waals surface area contributed by atoms with Gasteiger partial charge in [-0.2, -0.15) is 0 Å². The second-order valence-electron chi connectivity index (χ2n) is 9.15. The summed E-state index contributed by atoms with van der Waals surface area (Å²) in [6.07, 6.45) is 4.96. The number of amides is 2. The zero-order chi connectivity index (χ0) is 24.8. The summed E-state index contributed by atoms with van der Waals surface area (Å²) in [5, 5.41) is 0. The van der Waals surface area contributed by atoms with Crippen LogP contribution in [-0.4, -0.2) is 23.8 Å². The number of imide groups is 1. The highest BCUT2D eigenvalue weighted by atomic mass is 16.5. The van der Waals surface area contributed by atoms with Crippen LogP contribution in [0.5, 0.6) is 11.5 Å². The molecule has 0 N–H and O–H groups in total. The third kappa shape index (κ3) is 3.60. The smallest absolute Gasteiger partial charge is 0.347 e. The van der Waals surface area contributed by atoms with Crippen LogP contribution in [0.2, 0.25) is 0 Å². The Morgan fingerprint density at radius 2 is 1.31 bits per heavy atom. The molecule has 2 aliphatic carbocycles. The number of nitrogens with zero attached hydrogens (tertiary/aromatic N) is 1. The molecular weight excluding hydrogens is 458 g/mol. The first kappa shape index (κ1) is 22.0. The van der Waals surface area contributed by atoms with Crippen LogP contribution in [0.25, 0.3) is 0 Å². The molecule has 4 atom stereocenters.